The van der Waals surface area contributed by atoms with E-state index in [0.29, 0.717) is 11.9 Å². The second-order valence-corrected chi connectivity index (χ2v) is 7.01. The molecule has 0 radical (unpaired) electrons. The summed E-state index contributed by atoms with van der Waals surface area (Å²) in [5.74, 6) is 0.959. The van der Waals surface area contributed by atoms with Gasteiger partial charge in [0.1, 0.15) is 16.7 Å². The lowest BCUT2D eigenvalue weighted by molar-refractivity contribution is 0.0846. The number of fused-ring (bicyclic) bond motifs is 2. The van der Waals surface area contributed by atoms with Crippen molar-refractivity contribution in [2.45, 2.75) is 25.7 Å². The summed E-state index contributed by atoms with van der Waals surface area (Å²) in [5.41, 5.74) is 5.88. The van der Waals surface area contributed by atoms with Gasteiger partial charge in [-0.15, -0.1) is 0 Å². The maximum atomic E-state index is 5.50. The maximum Gasteiger partial charge on any atom is 0.227 e. The van der Waals surface area contributed by atoms with Crippen LogP contribution in [0.1, 0.15) is 30.0 Å². The van der Waals surface area contributed by atoms with E-state index in [-0.39, 0.29) is 0 Å². The van der Waals surface area contributed by atoms with Gasteiger partial charge in [0.15, 0.2) is 0 Å². The summed E-state index contributed by atoms with van der Waals surface area (Å²) in [6, 6.07) is 2.04. The molecule has 0 bridgehead atoms. The van der Waals surface area contributed by atoms with Crippen LogP contribution in [0.2, 0.25) is 0 Å². The number of hydrogen-bond donors (Lipinski definition) is 1. The highest BCUT2D eigenvalue weighted by atomic mass is 16.5. The third-order valence-electron chi connectivity index (χ3n) is 5.21. The Morgan fingerprint density at radius 3 is 2.93 bits per heavy atom. The van der Waals surface area contributed by atoms with Crippen LogP contribution in [-0.4, -0.2) is 42.3 Å². The largest absolute Gasteiger partial charge is 0.381 e. The van der Waals surface area contributed by atoms with E-state index in [2.05, 4.69) is 15.3 Å². The Labute approximate surface area is 156 Å². The summed E-state index contributed by atoms with van der Waals surface area (Å²) in [6.07, 6.45) is 9.52. The minimum atomic E-state index is 0.384. The molecule has 0 saturated carbocycles. The molecule has 1 N–H and O–H groups in total. The number of nitrogens with zero attached hydrogens (tertiary/aromatic N) is 6. The van der Waals surface area contributed by atoms with E-state index >= 15 is 0 Å². The summed E-state index contributed by atoms with van der Waals surface area (Å²) in [5, 5.41) is 8.08. The van der Waals surface area contributed by atoms with E-state index < -0.39 is 0 Å². The smallest absolute Gasteiger partial charge is 0.227 e. The Bertz CT molecular complexity index is 1120. The number of aryl methyl sites for hydroxylation is 2. The molecule has 1 aliphatic heterocycles. The van der Waals surface area contributed by atoms with Gasteiger partial charge in [0.25, 0.3) is 0 Å². The van der Waals surface area contributed by atoms with Crippen molar-refractivity contribution in [3.8, 4) is 0 Å². The number of rotatable bonds is 3. The Kier molecular flexibility index (Phi) is 3.78. The monoisotopic (exact) mass is 363 g/mol. The highest BCUT2D eigenvalue weighted by Crippen LogP contribution is 2.31. The fourth-order valence-electron chi connectivity index (χ4n) is 3.68. The number of imidazole rings is 1. The van der Waals surface area contributed by atoms with Crippen molar-refractivity contribution in [1.29, 1.82) is 0 Å². The molecule has 1 aliphatic rings. The molecule has 8 nitrogen and oxygen atoms in total. The molecule has 0 aromatic carbocycles. The van der Waals surface area contributed by atoms with Crippen molar-refractivity contribution >= 4 is 28.3 Å². The molecule has 0 spiro atoms. The average Bonchev–Trinajstić information content (AvgIpc) is 3.26. The van der Waals surface area contributed by atoms with Gasteiger partial charge in [-0.25, -0.2) is 15.0 Å². The van der Waals surface area contributed by atoms with Gasteiger partial charge in [-0.2, -0.15) is 5.10 Å². The van der Waals surface area contributed by atoms with Gasteiger partial charge in [0, 0.05) is 44.8 Å². The number of pyridine rings is 1. The second kappa shape index (κ2) is 6.31. The van der Waals surface area contributed by atoms with E-state index in [0.717, 1.165) is 59.7 Å². The topological polar surface area (TPSA) is 82.2 Å². The lowest BCUT2D eigenvalue weighted by Gasteiger charge is -2.20. The lowest BCUT2D eigenvalue weighted by atomic mass is 9.96. The highest BCUT2D eigenvalue weighted by molar-refractivity contribution is 5.79. The number of nitrogens with one attached hydrogen (secondary N) is 1. The number of anilines is 2. The van der Waals surface area contributed by atoms with Crippen LogP contribution in [0, 0.1) is 6.92 Å². The van der Waals surface area contributed by atoms with E-state index in [1.165, 1.54) is 0 Å². The minimum Gasteiger partial charge on any atom is -0.381 e. The summed E-state index contributed by atoms with van der Waals surface area (Å²) in [7, 11) is 1.94. The Hall–Kier alpha value is -3.00. The summed E-state index contributed by atoms with van der Waals surface area (Å²) < 4.78 is 9.34. The lowest BCUT2D eigenvalue weighted by Crippen LogP contribution is -2.15. The number of aromatic nitrogens is 6. The molecule has 0 aliphatic carbocycles. The molecular weight excluding hydrogens is 342 g/mol. The highest BCUT2D eigenvalue weighted by Gasteiger charge is 2.23. The molecule has 0 atom stereocenters. The molecule has 4 aromatic heterocycles. The van der Waals surface area contributed by atoms with Crippen LogP contribution >= 0.6 is 0 Å². The molecular formula is C19H21N7O. The van der Waals surface area contributed by atoms with Gasteiger partial charge in [-0.1, -0.05) is 0 Å². The zero-order chi connectivity index (χ0) is 18.4. The van der Waals surface area contributed by atoms with Crippen LogP contribution in [-0.2, 0) is 11.8 Å². The summed E-state index contributed by atoms with van der Waals surface area (Å²) >= 11 is 0. The normalized spacial score (nSPS) is 15.6. The first-order chi connectivity index (χ1) is 13.2. The van der Waals surface area contributed by atoms with Crippen molar-refractivity contribution in [1.82, 2.24) is 29.1 Å². The summed E-state index contributed by atoms with van der Waals surface area (Å²) in [4.78, 5) is 13.6. The van der Waals surface area contributed by atoms with Crippen LogP contribution in [0.4, 0.5) is 11.6 Å². The van der Waals surface area contributed by atoms with E-state index in [1.54, 1.807) is 6.20 Å². The van der Waals surface area contributed by atoms with Crippen LogP contribution in [0.3, 0.4) is 0 Å². The van der Waals surface area contributed by atoms with Gasteiger partial charge in [0.05, 0.1) is 17.6 Å². The van der Waals surface area contributed by atoms with Gasteiger partial charge in [0.2, 0.25) is 5.95 Å². The van der Waals surface area contributed by atoms with Crippen LogP contribution in [0.15, 0.2) is 30.9 Å². The third-order valence-corrected chi connectivity index (χ3v) is 5.21. The predicted molar refractivity (Wildman–Crippen MR) is 102 cm³/mol. The number of ether oxygens (including phenoxy) is 1. The molecule has 0 unspecified atom stereocenters. The van der Waals surface area contributed by atoms with Crippen LogP contribution in [0.5, 0.6) is 0 Å². The molecule has 4 aromatic rings. The van der Waals surface area contributed by atoms with Crippen LogP contribution in [0.25, 0.3) is 16.7 Å². The van der Waals surface area contributed by atoms with Crippen molar-refractivity contribution < 1.29 is 4.74 Å². The van der Waals surface area contributed by atoms with Gasteiger partial charge in [-0.3, -0.25) is 4.68 Å². The fraction of sp³-hybridized carbons (Fsp3) is 0.368. The van der Waals surface area contributed by atoms with E-state index in [9.17, 15) is 0 Å². The molecule has 1 saturated heterocycles. The minimum absolute atomic E-state index is 0.384. The molecule has 27 heavy (non-hydrogen) atoms. The fourth-order valence-corrected chi connectivity index (χ4v) is 3.68. The molecule has 8 heteroatoms. The quantitative estimate of drug-likeness (QED) is 0.603. The zero-order valence-corrected chi connectivity index (χ0v) is 15.4. The Morgan fingerprint density at radius 2 is 2.07 bits per heavy atom. The van der Waals surface area contributed by atoms with E-state index in [4.69, 9.17) is 14.8 Å². The van der Waals surface area contributed by atoms with Gasteiger partial charge >= 0.3 is 0 Å². The summed E-state index contributed by atoms with van der Waals surface area (Å²) in [6.45, 7) is 3.61. The standard InChI is InChI=1S/C19H21N7O/c1-12-9-16-20-5-6-26(16)11-14(12)22-19-21-10-15-18(23-19)17(24-25(15)2)13-3-7-27-8-4-13/h5-6,9-11,13H,3-4,7-8H2,1-2H3,(H,21,22,23). The van der Waals surface area contributed by atoms with Crippen molar-refractivity contribution in [2.75, 3.05) is 18.5 Å². The molecule has 0 amide bonds. The SMILES string of the molecule is Cc1cc2nccn2cc1Nc1ncc2c(n1)c(C1CCOCC1)nn2C. The Morgan fingerprint density at radius 1 is 1.22 bits per heavy atom. The second-order valence-electron chi connectivity index (χ2n) is 7.01. The zero-order valence-electron chi connectivity index (χ0n) is 15.4. The van der Waals surface area contributed by atoms with Crippen molar-refractivity contribution in [3.05, 3.63) is 42.1 Å². The average molecular weight is 363 g/mol. The van der Waals surface area contributed by atoms with Gasteiger partial charge in [-0.05, 0) is 31.4 Å². The first-order valence-electron chi connectivity index (χ1n) is 9.17. The van der Waals surface area contributed by atoms with Crippen molar-refractivity contribution in [2.24, 2.45) is 7.05 Å². The molecule has 138 valence electrons. The first-order valence-corrected chi connectivity index (χ1v) is 9.17. The molecule has 5 heterocycles. The van der Waals surface area contributed by atoms with Gasteiger partial charge < -0.3 is 14.5 Å². The van der Waals surface area contributed by atoms with Crippen molar-refractivity contribution in [3.63, 3.8) is 0 Å². The van der Waals surface area contributed by atoms with Crippen LogP contribution < -0.4 is 5.32 Å². The Balaban J connectivity index is 1.54. The first kappa shape index (κ1) is 16.2. The van der Waals surface area contributed by atoms with E-state index in [1.807, 2.05) is 47.7 Å². The maximum absolute atomic E-state index is 5.50. The molecule has 1 fully saturated rings. The predicted octanol–water partition coefficient (Wildman–Crippen LogP) is 2.96. The third kappa shape index (κ3) is 2.82. The molecule has 5 rings (SSSR count). The number of hydrogen-bond acceptors (Lipinski definition) is 6.